The van der Waals surface area contributed by atoms with Crippen molar-refractivity contribution in [3.8, 4) is 0 Å². The van der Waals surface area contributed by atoms with Gasteiger partial charge in [-0.3, -0.25) is 0 Å². The summed E-state index contributed by atoms with van der Waals surface area (Å²) in [5, 5.41) is 0. The fourth-order valence-corrected chi connectivity index (χ4v) is 0. The molecule has 0 aliphatic rings. The van der Waals surface area contributed by atoms with E-state index in [0.717, 1.165) is 0 Å². The molecule has 0 atom stereocenters. The Bertz CT molecular complexity index is 116. The third-order valence-corrected chi connectivity index (χ3v) is 0. The average Bonchev–Trinajstić information content (AvgIpc) is 1.99. The molecule has 0 unspecified atom stereocenters. The van der Waals surface area contributed by atoms with Crippen LogP contribution in [0.25, 0.3) is 0 Å². The molecule has 0 heterocycles. The summed E-state index contributed by atoms with van der Waals surface area (Å²) in [6, 6.07) is 0. The van der Waals surface area contributed by atoms with Gasteiger partial charge >= 0.3 is 23.6 Å². The van der Waals surface area contributed by atoms with Crippen LogP contribution in [0.5, 0.6) is 0 Å². The number of hydrogen-bond donors (Lipinski definition) is 0. The molecule has 0 saturated heterocycles. The third kappa shape index (κ3) is 844. The van der Waals surface area contributed by atoms with E-state index in [9.17, 15) is 0 Å². The molecule has 128 valence electrons. The van der Waals surface area contributed by atoms with Crippen molar-refractivity contribution in [1.29, 1.82) is 0 Å². The number of rotatable bonds is 0. The van der Waals surface area contributed by atoms with Crippen LogP contribution < -0.4 is 0 Å². The molecule has 0 fully saturated rings. The van der Waals surface area contributed by atoms with Crippen LogP contribution in [0.1, 0.15) is 60.8 Å². The molecule has 0 aromatic rings. The van der Waals surface area contributed by atoms with Crippen LogP contribution in [-0.4, -0.2) is 17.8 Å². The molecular formula is C11H36O8. The summed E-state index contributed by atoms with van der Waals surface area (Å²) >= 11 is 0. The monoisotopic (exact) mass is 296 g/mol. The fourth-order valence-electron chi connectivity index (χ4n) is 0. The maximum absolute atomic E-state index is 8.12. The summed E-state index contributed by atoms with van der Waals surface area (Å²) in [7, 11) is 0. The molecule has 0 rings (SSSR count). The van der Waals surface area contributed by atoms with E-state index in [2.05, 4.69) is 6.65 Å². The second kappa shape index (κ2) is 1010000. The Kier molecular flexibility index (Phi) is 14200000. The van der Waals surface area contributed by atoms with Gasteiger partial charge in [-0.2, -0.15) is 19.2 Å². The minimum Gasteiger partial charge on any atom is 0 e. The minimum atomic E-state index is 0. The molecule has 0 aliphatic heterocycles. The Morgan fingerprint density at radius 2 is 0.579 bits per heavy atom. The largest absolute Gasteiger partial charge is 0 e. The molecule has 0 aromatic carbocycles. The first kappa shape index (κ1) is 267. The first-order valence-corrected chi connectivity index (χ1v) is 1.19. The predicted molar refractivity (Wildman–Crippen MR) is 80.3 cm³/mol. The summed E-state index contributed by atoms with van der Waals surface area (Å²) in [6.07, 6.45) is 0.500. The summed E-state index contributed by atoms with van der Waals surface area (Å²) in [4.78, 5) is 46.5. The van der Waals surface area contributed by atoms with Crippen molar-refractivity contribution in [2.24, 2.45) is 0 Å². The van der Waals surface area contributed by atoms with Crippen LogP contribution >= 0.6 is 0 Å². The first-order valence-electron chi connectivity index (χ1n) is 1.19. The third-order valence-electron chi connectivity index (χ3n) is 0. The van der Waals surface area contributed by atoms with Gasteiger partial charge in [0.25, 0.3) is 0 Å². The van der Waals surface area contributed by atoms with Crippen LogP contribution in [0.3, 0.4) is 0 Å². The second-order valence-electron chi connectivity index (χ2n) is 0.167. The van der Waals surface area contributed by atoms with Gasteiger partial charge < -0.3 is 5.48 Å². The molecule has 0 aromatic heterocycles. The Hall–Kier alpha value is -1.94. The van der Waals surface area contributed by atoms with E-state index in [0.29, 0.717) is 0 Å². The molecule has 0 saturated carbocycles. The second-order valence-corrected chi connectivity index (χ2v) is 0.167. The SMILES string of the molecule is C.C.C.C.C.C.C.C.O.O=C=O.O=C=O.O=O.[C-]#[O+].[HH]. The van der Waals surface area contributed by atoms with Gasteiger partial charge in [0, 0.05) is 11.4 Å². The first-order chi connectivity index (χ1) is 4.83. The van der Waals surface area contributed by atoms with Crippen molar-refractivity contribution in [3.05, 3.63) is 16.6 Å². The molecule has 0 radical (unpaired) electrons. The van der Waals surface area contributed by atoms with Crippen molar-refractivity contribution in [2.75, 3.05) is 0 Å². The van der Waals surface area contributed by atoms with Crippen molar-refractivity contribution < 1.29 is 30.7 Å². The quantitative estimate of drug-likeness (QED) is 0.493. The Morgan fingerprint density at radius 3 is 0.579 bits per heavy atom. The molecule has 0 aliphatic carbocycles. The van der Waals surface area contributed by atoms with Crippen LogP contribution in [0.15, 0.2) is 0 Å². The molecule has 0 bridgehead atoms. The van der Waals surface area contributed by atoms with Crippen LogP contribution in [0.4, 0.5) is 0 Å². The smallest absolute Gasteiger partial charge is 0 e. The molecule has 2 N–H and O–H groups in total. The van der Waals surface area contributed by atoms with E-state index < -0.39 is 0 Å². The van der Waals surface area contributed by atoms with Gasteiger partial charge in [-0.15, -0.1) is 0 Å². The van der Waals surface area contributed by atoms with E-state index in [1.165, 1.54) is 0 Å². The summed E-state index contributed by atoms with van der Waals surface area (Å²) in [5.74, 6) is 0. The topological polar surface area (TPSA) is 154 Å². The van der Waals surface area contributed by atoms with E-state index >= 15 is 0 Å². The maximum atomic E-state index is 8.12. The molecule has 8 heteroatoms. The normalized spacial score (nSPS) is 1.16. The van der Waals surface area contributed by atoms with Gasteiger partial charge in [-0.05, 0) is 0 Å². The van der Waals surface area contributed by atoms with Gasteiger partial charge in [-0.1, -0.05) is 59.4 Å². The number of hydrogen-bond acceptors (Lipinski definition) is 6. The zero-order chi connectivity index (χ0) is 9.41. The zero-order valence-corrected chi connectivity index (χ0v) is 4.86. The molecule has 0 spiro atoms. The van der Waals surface area contributed by atoms with Gasteiger partial charge in [0.05, 0.1) is 0 Å². The van der Waals surface area contributed by atoms with Crippen molar-refractivity contribution in [3.63, 3.8) is 0 Å². The van der Waals surface area contributed by atoms with E-state index in [1.807, 2.05) is 0 Å². The molecule has 19 heavy (non-hydrogen) atoms. The Morgan fingerprint density at radius 1 is 0.579 bits per heavy atom. The Labute approximate surface area is 120 Å². The summed E-state index contributed by atoms with van der Waals surface area (Å²) < 4.78 is 7.50. The summed E-state index contributed by atoms with van der Waals surface area (Å²) in [6.45, 7) is 4.50. The summed E-state index contributed by atoms with van der Waals surface area (Å²) in [5.41, 5.74) is 0. The average molecular weight is 296 g/mol. The zero-order valence-electron chi connectivity index (χ0n) is 4.86. The molecule has 8 nitrogen and oxygen atoms in total. The van der Waals surface area contributed by atoms with Crippen molar-refractivity contribution >= 4 is 12.3 Å². The van der Waals surface area contributed by atoms with E-state index in [4.69, 9.17) is 33.8 Å². The maximum Gasteiger partial charge on any atom is 0 e. The van der Waals surface area contributed by atoms with Gasteiger partial charge in [0.2, 0.25) is 0 Å². The Balaban J connectivity index is -0.00000000173. The van der Waals surface area contributed by atoms with Crippen molar-refractivity contribution in [2.45, 2.75) is 59.4 Å². The van der Waals surface area contributed by atoms with Gasteiger partial charge in [0.15, 0.2) is 0 Å². The predicted octanol–water partition coefficient (Wildman–Crippen LogP) is 3.37. The van der Waals surface area contributed by atoms with Crippen LogP contribution in [0, 0.1) is 16.6 Å². The van der Waals surface area contributed by atoms with Crippen LogP contribution in [0.2, 0.25) is 0 Å². The fraction of sp³-hybridized carbons (Fsp3) is 0.727. The molecular weight excluding hydrogens is 260 g/mol. The van der Waals surface area contributed by atoms with E-state index in [1.54, 1.807) is 0 Å². The van der Waals surface area contributed by atoms with Gasteiger partial charge in [-0.25, -0.2) is 0 Å². The standard InChI is InChI=1S/2CO2.CO.8CH4.O2.H2O.H2/c2*2-1-3;1-2;;;;;;;;;1-2;;/h;;;8*1H4;;1H2;1H. The van der Waals surface area contributed by atoms with Crippen LogP contribution in [-0.2, 0) is 23.8 Å². The number of carbonyl (C=O) groups excluding carboxylic acids is 4. The molecule has 0 amide bonds. The minimum absolute atomic E-state index is 0. The van der Waals surface area contributed by atoms with Crippen molar-refractivity contribution in [1.82, 2.24) is 0 Å². The van der Waals surface area contributed by atoms with Gasteiger partial charge in [0.1, 0.15) is 0 Å². The van der Waals surface area contributed by atoms with E-state index in [-0.39, 0.29) is 78.6 Å².